The Morgan fingerprint density at radius 1 is 0.328 bits per heavy atom. The SMILES string of the molecule is c1ccc(-c2nc(-c3ccccc3)nc(-c3ccc4cc(-n5c6ccccc6c6cc7c8c9ccccc9ccc8n(-c8ccccn8)c7cc65)ccc4c3)n2)cc1. The molecule has 0 saturated heterocycles. The van der Waals surface area contributed by atoms with E-state index in [1.54, 1.807) is 0 Å². The smallest absolute Gasteiger partial charge is 0.164 e. The van der Waals surface area contributed by atoms with Crippen LogP contribution in [0.5, 0.6) is 0 Å². The van der Waals surface area contributed by atoms with Gasteiger partial charge in [0.1, 0.15) is 5.82 Å². The van der Waals surface area contributed by atoms with E-state index in [1.165, 1.54) is 32.3 Å². The monoisotopic (exact) mass is 740 g/mol. The number of hydrogen-bond acceptors (Lipinski definition) is 4. The first-order chi connectivity index (χ1) is 28.7. The second-order valence-corrected chi connectivity index (χ2v) is 14.7. The molecule has 270 valence electrons. The largest absolute Gasteiger partial charge is 0.309 e. The summed E-state index contributed by atoms with van der Waals surface area (Å²) in [6.45, 7) is 0. The quantitative estimate of drug-likeness (QED) is 0.176. The minimum Gasteiger partial charge on any atom is -0.309 e. The Bertz CT molecular complexity index is 3500. The molecule has 0 atom stereocenters. The van der Waals surface area contributed by atoms with Crippen LogP contribution in [0.15, 0.2) is 194 Å². The molecule has 0 bridgehead atoms. The summed E-state index contributed by atoms with van der Waals surface area (Å²) in [5.41, 5.74) is 8.49. The third kappa shape index (κ3) is 5.05. The standard InChI is InChI=1S/C52H32N6/c1-3-14-34(15-4-1)50-54-51(35-16-5-2-6-17-35)56-52(55-50)38-23-22-37-30-39(26-24-36(37)29-38)57-44-20-10-9-19-41(44)42-31-43-47(32-46(42)57)58(48-21-11-12-28-53-48)45-27-25-33-13-7-8-18-40(33)49(43)45/h1-32H. The van der Waals surface area contributed by atoms with Gasteiger partial charge in [0.25, 0.3) is 0 Å². The lowest BCUT2D eigenvalue weighted by molar-refractivity contribution is 1.07. The van der Waals surface area contributed by atoms with Gasteiger partial charge in [-0.1, -0.05) is 133 Å². The maximum absolute atomic E-state index is 4.99. The highest BCUT2D eigenvalue weighted by Gasteiger charge is 2.20. The van der Waals surface area contributed by atoms with Gasteiger partial charge in [0.15, 0.2) is 17.5 Å². The lowest BCUT2D eigenvalue weighted by atomic mass is 10.0. The average Bonchev–Trinajstić information content (AvgIpc) is 3.80. The highest BCUT2D eigenvalue weighted by molar-refractivity contribution is 6.25. The molecule has 4 aromatic heterocycles. The first-order valence-corrected chi connectivity index (χ1v) is 19.5. The summed E-state index contributed by atoms with van der Waals surface area (Å²) in [5.74, 6) is 2.83. The van der Waals surface area contributed by atoms with Gasteiger partial charge in [0.05, 0.1) is 22.1 Å². The zero-order valence-electron chi connectivity index (χ0n) is 31.2. The van der Waals surface area contributed by atoms with Gasteiger partial charge < -0.3 is 4.57 Å². The molecule has 12 aromatic rings. The van der Waals surface area contributed by atoms with E-state index in [2.05, 4.69) is 130 Å². The molecule has 6 heteroatoms. The number of rotatable bonds is 5. The van der Waals surface area contributed by atoms with Gasteiger partial charge in [0.2, 0.25) is 0 Å². The van der Waals surface area contributed by atoms with Crippen LogP contribution in [0, 0.1) is 0 Å². The lowest BCUT2D eigenvalue weighted by Gasteiger charge is -2.12. The van der Waals surface area contributed by atoms with E-state index in [0.29, 0.717) is 17.5 Å². The van der Waals surface area contributed by atoms with Crippen LogP contribution in [0.2, 0.25) is 0 Å². The fraction of sp³-hybridized carbons (Fsp3) is 0. The van der Waals surface area contributed by atoms with Gasteiger partial charge in [0, 0.05) is 50.1 Å². The van der Waals surface area contributed by atoms with Crippen molar-refractivity contribution in [2.24, 2.45) is 0 Å². The zero-order chi connectivity index (χ0) is 38.2. The predicted octanol–water partition coefficient (Wildman–Crippen LogP) is 12.8. The molecule has 0 N–H and O–H groups in total. The maximum atomic E-state index is 4.99. The number of nitrogens with zero attached hydrogens (tertiary/aromatic N) is 6. The normalized spacial score (nSPS) is 11.8. The fourth-order valence-corrected chi connectivity index (χ4v) is 8.71. The van der Waals surface area contributed by atoms with Crippen LogP contribution in [0.1, 0.15) is 0 Å². The Balaban J connectivity index is 1.05. The van der Waals surface area contributed by atoms with E-state index in [4.69, 9.17) is 19.9 Å². The molecule has 0 fully saturated rings. The summed E-state index contributed by atoms with van der Waals surface area (Å²) in [6, 6.07) is 66.1. The number of fused-ring (bicyclic) bond motifs is 9. The molecule has 58 heavy (non-hydrogen) atoms. The van der Waals surface area contributed by atoms with Crippen LogP contribution in [0.3, 0.4) is 0 Å². The number of para-hydroxylation sites is 1. The zero-order valence-corrected chi connectivity index (χ0v) is 31.2. The van der Waals surface area contributed by atoms with Gasteiger partial charge >= 0.3 is 0 Å². The molecule has 6 nitrogen and oxygen atoms in total. The van der Waals surface area contributed by atoms with Crippen molar-refractivity contribution in [3.05, 3.63) is 194 Å². The van der Waals surface area contributed by atoms with Gasteiger partial charge in [-0.25, -0.2) is 19.9 Å². The van der Waals surface area contributed by atoms with Crippen LogP contribution >= 0.6 is 0 Å². The summed E-state index contributed by atoms with van der Waals surface area (Å²) >= 11 is 0. The van der Waals surface area contributed by atoms with E-state index < -0.39 is 0 Å². The minimum atomic E-state index is 0.640. The van der Waals surface area contributed by atoms with Gasteiger partial charge in [-0.05, 0) is 76.1 Å². The number of hydrogen-bond donors (Lipinski definition) is 0. The maximum Gasteiger partial charge on any atom is 0.164 e. The lowest BCUT2D eigenvalue weighted by Crippen LogP contribution is -2.00. The minimum absolute atomic E-state index is 0.640. The first kappa shape index (κ1) is 32.3. The van der Waals surface area contributed by atoms with Crippen molar-refractivity contribution >= 4 is 65.2 Å². The molecule has 0 unspecified atom stereocenters. The van der Waals surface area contributed by atoms with Gasteiger partial charge in [-0.15, -0.1) is 0 Å². The second-order valence-electron chi connectivity index (χ2n) is 14.7. The number of aromatic nitrogens is 6. The van der Waals surface area contributed by atoms with Crippen LogP contribution in [0.4, 0.5) is 0 Å². The first-order valence-electron chi connectivity index (χ1n) is 19.5. The molecule has 0 saturated carbocycles. The molecule has 0 aliphatic heterocycles. The predicted molar refractivity (Wildman–Crippen MR) is 238 cm³/mol. The van der Waals surface area contributed by atoms with E-state index in [-0.39, 0.29) is 0 Å². The third-order valence-corrected chi connectivity index (χ3v) is 11.4. The Hall–Kier alpha value is -7.96. The van der Waals surface area contributed by atoms with Crippen LogP contribution in [-0.4, -0.2) is 29.1 Å². The van der Waals surface area contributed by atoms with Gasteiger partial charge in [-0.2, -0.15) is 0 Å². The molecule has 4 heterocycles. The molecule has 0 aliphatic rings. The second kappa shape index (κ2) is 12.8. The van der Waals surface area contributed by atoms with Crippen molar-refractivity contribution in [1.29, 1.82) is 0 Å². The summed E-state index contributed by atoms with van der Waals surface area (Å²) < 4.78 is 4.72. The Kier molecular flexibility index (Phi) is 7.13. The number of benzene rings is 8. The molecule has 8 aromatic carbocycles. The highest BCUT2D eigenvalue weighted by atomic mass is 15.1. The summed E-state index contributed by atoms with van der Waals surface area (Å²) in [4.78, 5) is 19.7. The Labute approximate surface area is 333 Å². The van der Waals surface area contributed by atoms with Gasteiger partial charge in [-0.3, -0.25) is 4.57 Å². The van der Waals surface area contributed by atoms with E-state index in [1.807, 2.05) is 72.9 Å². The highest BCUT2D eigenvalue weighted by Crippen LogP contribution is 2.42. The Morgan fingerprint density at radius 2 is 0.948 bits per heavy atom. The topological polar surface area (TPSA) is 61.4 Å². The van der Waals surface area contributed by atoms with Crippen molar-refractivity contribution < 1.29 is 0 Å². The molecular formula is C52H32N6. The van der Waals surface area contributed by atoms with Crippen molar-refractivity contribution in [1.82, 2.24) is 29.1 Å². The molecule has 0 spiro atoms. The van der Waals surface area contributed by atoms with Crippen molar-refractivity contribution in [2.45, 2.75) is 0 Å². The van der Waals surface area contributed by atoms with Crippen LogP contribution < -0.4 is 0 Å². The van der Waals surface area contributed by atoms with Crippen molar-refractivity contribution in [3.8, 4) is 45.7 Å². The molecular weight excluding hydrogens is 709 g/mol. The van der Waals surface area contributed by atoms with E-state index >= 15 is 0 Å². The number of pyridine rings is 1. The molecule has 0 amide bonds. The van der Waals surface area contributed by atoms with E-state index in [0.717, 1.165) is 61.0 Å². The molecule has 0 radical (unpaired) electrons. The molecule has 0 aliphatic carbocycles. The van der Waals surface area contributed by atoms with Crippen molar-refractivity contribution in [2.75, 3.05) is 0 Å². The summed E-state index contributed by atoms with van der Waals surface area (Å²) in [6.07, 6.45) is 1.87. The molecule has 12 rings (SSSR count). The fourth-order valence-electron chi connectivity index (χ4n) is 8.71. The third-order valence-electron chi connectivity index (χ3n) is 11.4. The summed E-state index contributed by atoms with van der Waals surface area (Å²) in [7, 11) is 0. The van der Waals surface area contributed by atoms with E-state index in [9.17, 15) is 0 Å². The van der Waals surface area contributed by atoms with Crippen molar-refractivity contribution in [3.63, 3.8) is 0 Å². The average molecular weight is 741 g/mol. The summed E-state index contributed by atoms with van der Waals surface area (Å²) in [5, 5.41) is 9.57. The van der Waals surface area contributed by atoms with Crippen LogP contribution in [0.25, 0.3) is 111 Å². The van der Waals surface area contributed by atoms with Crippen LogP contribution in [-0.2, 0) is 0 Å². The Morgan fingerprint density at radius 3 is 1.71 bits per heavy atom.